The van der Waals surface area contributed by atoms with Gasteiger partial charge in [-0.25, -0.2) is 0 Å². The summed E-state index contributed by atoms with van der Waals surface area (Å²) in [6.07, 6.45) is 4.22. The Morgan fingerprint density at radius 3 is 2.43 bits per heavy atom. The predicted octanol–water partition coefficient (Wildman–Crippen LogP) is 0.132. The van der Waals surface area contributed by atoms with E-state index in [1.54, 1.807) is 4.90 Å². The second-order valence-electron chi connectivity index (χ2n) is 3.72. The Morgan fingerprint density at radius 1 is 1.29 bits per heavy atom. The fraction of sp³-hybridized carbons (Fsp3) is 0.900. The first-order valence-electron chi connectivity index (χ1n) is 5.30. The Kier molecular flexibility index (Phi) is 4.90. The van der Waals surface area contributed by atoms with Gasteiger partial charge in [-0.1, -0.05) is 0 Å². The SMILES string of the molecule is O=C(CCCO)N(CCO)C1CCC1. The van der Waals surface area contributed by atoms with Crippen molar-refractivity contribution >= 4 is 5.91 Å². The van der Waals surface area contributed by atoms with Gasteiger partial charge < -0.3 is 15.1 Å². The number of rotatable bonds is 6. The highest BCUT2D eigenvalue weighted by atomic mass is 16.3. The molecule has 1 amide bonds. The van der Waals surface area contributed by atoms with Crippen molar-refractivity contribution in [2.45, 2.75) is 38.1 Å². The summed E-state index contributed by atoms with van der Waals surface area (Å²) in [6.45, 7) is 0.527. The molecule has 0 aromatic carbocycles. The van der Waals surface area contributed by atoms with Gasteiger partial charge in [-0.2, -0.15) is 0 Å². The fourth-order valence-corrected chi connectivity index (χ4v) is 1.69. The van der Waals surface area contributed by atoms with Crippen LogP contribution in [-0.4, -0.2) is 46.8 Å². The molecule has 0 unspecified atom stereocenters. The number of aliphatic hydroxyl groups excluding tert-OH is 2. The third-order valence-electron chi connectivity index (χ3n) is 2.73. The molecule has 0 spiro atoms. The lowest BCUT2D eigenvalue weighted by Gasteiger charge is -2.37. The predicted molar refractivity (Wildman–Crippen MR) is 52.8 cm³/mol. The molecular formula is C10H19NO3. The summed E-state index contributed by atoms with van der Waals surface area (Å²) in [6, 6.07) is 0.341. The Hall–Kier alpha value is -0.610. The van der Waals surface area contributed by atoms with Crippen LogP contribution in [0.5, 0.6) is 0 Å². The van der Waals surface area contributed by atoms with Crippen molar-refractivity contribution in [2.75, 3.05) is 19.8 Å². The van der Waals surface area contributed by atoms with Gasteiger partial charge in [-0.3, -0.25) is 4.79 Å². The third-order valence-corrected chi connectivity index (χ3v) is 2.73. The summed E-state index contributed by atoms with van der Waals surface area (Å²) in [7, 11) is 0. The van der Waals surface area contributed by atoms with Crippen molar-refractivity contribution in [3.8, 4) is 0 Å². The normalized spacial score (nSPS) is 16.4. The maximum Gasteiger partial charge on any atom is 0.222 e. The maximum absolute atomic E-state index is 11.6. The lowest BCUT2D eigenvalue weighted by Crippen LogP contribution is -2.45. The highest BCUT2D eigenvalue weighted by Crippen LogP contribution is 2.25. The first-order valence-corrected chi connectivity index (χ1v) is 5.30. The number of amides is 1. The number of carbonyl (C=O) groups excluding carboxylic acids is 1. The molecule has 1 saturated carbocycles. The Labute approximate surface area is 84.5 Å². The molecular weight excluding hydrogens is 182 g/mol. The van der Waals surface area contributed by atoms with Crippen LogP contribution in [-0.2, 0) is 4.79 Å². The van der Waals surface area contributed by atoms with Crippen LogP contribution in [0.1, 0.15) is 32.1 Å². The van der Waals surface area contributed by atoms with E-state index in [0.29, 0.717) is 25.4 Å². The van der Waals surface area contributed by atoms with Crippen molar-refractivity contribution < 1.29 is 15.0 Å². The smallest absolute Gasteiger partial charge is 0.222 e. The van der Waals surface area contributed by atoms with Crippen LogP contribution in [0.15, 0.2) is 0 Å². The molecule has 0 aromatic heterocycles. The molecule has 0 saturated heterocycles. The number of carbonyl (C=O) groups is 1. The van der Waals surface area contributed by atoms with E-state index in [4.69, 9.17) is 10.2 Å². The average molecular weight is 201 g/mol. The minimum Gasteiger partial charge on any atom is -0.396 e. The van der Waals surface area contributed by atoms with E-state index >= 15 is 0 Å². The average Bonchev–Trinajstić information content (AvgIpc) is 2.10. The van der Waals surface area contributed by atoms with Crippen LogP contribution in [0.3, 0.4) is 0 Å². The molecule has 4 heteroatoms. The van der Waals surface area contributed by atoms with E-state index in [1.165, 1.54) is 6.42 Å². The van der Waals surface area contributed by atoms with E-state index in [0.717, 1.165) is 12.8 Å². The lowest BCUT2D eigenvalue weighted by atomic mass is 9.91. The molecule has 1 rings (SSSR count). The zero-order valence-corrected chi connectivity index (χ0v) is 8.48. The highest BCUT2D eigenvalue weighted by Gasteiger charge is 2.27. The number of hydrogen-bond acceptors (Lipinski definition) is 3. The van der Waals surface area contributed by atoms with Crippen LogP contribution in [0.4, 0.5) is 0 Å². The van der Waals surface area contributed by atoms with Crippen molar-refractivity contribution in [2.24, 2.45) is 0 Å². The van der Waals surface area contributed by atoms with Crippen LogP contribution in [0, 0.1) is 0 Å². The molecule has 0 heterocycles. The molecule has 0 aliphatic heterocycles. The molecule has 0 bridgehead atoms. The van der Waals surface area contributed by atoms with Gasteiger partial charge in [0.1, 0.15) is 0 Å². The van der Waals surface area contributed by atoms with Gasteiger partial charge in [0.2, 0.25) is 5.91 Å². The monoisotopic (exact) mass is 201 g/mol. The van der Waals surface area contributed by atoms with Crippen LogP contribution in [0.25, 0.3) is 0 Å². The van der Waals surface area contributed by atoms with E-state index in [1.807, 2.05) is 0 Å². The first-order chi connectivity index (χ1) is 6.79. The summed E-state index contributed by atoms with van der Waals surface area (Å²) in [5, 5.41) is 17.5. The summed E-state index contributed by atoms with van der Waals surface area (Å²) in [5.41, 5.74) is 0. The minimum atomic E-state index is 0.0291. The number of aliphatic hydroxyl groups is 2. The Morgan fingerprint density at radius 2 is 2.00 bits per heavy atom. The number of hydrogen-bond donors (Lipinski definition) is 2. The molecule has 1 fully saturated rings. The van der Waals surface area contributed by atoms with Crippen molar-refractivity contribution in [3.63, 3.8) is 0 Å². The zero-order chi connectivity index (χ0) is 10.4. The molecule has 82 valence electrons. The topological polar surface area (TPSA) is 60.8 Å². The molecule has 1 aliphatic carbocycles. The van der Waals surface area contributed by atoms with Crippen LogP contribution in [0.2, 0.25) is 0 Å². The van der Waals surface area contributed by atoms with Crippen LogP contribution < -0.4 is 0 Å². The first kappa shape index (κ1) is 11.5. The minimum absolute atomic E-state index is 0.0291. The fourth-order valence-electron chi connectivity index (χ4n) is 1.69. The second-order valence-corrected chi connectivity index (χ2v) is 3.72. The summed E-state index contributed by atoms with van der Waals surface area (Å²) in [5.74, 6) is 0.0674. The Bertz CT molecular complexity index is 180. The summed E-state index contributed by atoms with van der Waals surface area (Å²) in [4.78, 5) is 13.4. The van der Waals surface area contributed by atoms with E-state index < -0.39 is 0 Å². The molecule has 14 heavy (non-hydrogen) atoms. The highest BCUT2D eigenvalue weighted by molar-refractivity contribution is 5.76. The van der Waals surface area contributed by atoms with Gasteiger partial charge in [-0.15, -0.1) is 0 Å². The van der Waals surface area contributed by atoms with Gasteiger partial charge in [0.15, 0.2) is 0 Å². The van der Waals surface area contributed by atoms with Gasteiger partial charge in [0, 0.05) is 25.6 Å². The van der Waals surface area contributed by atoms with E-state index in [-0.39, 0.29) is 19.1 Å². The maximum atomic E-state index is 11.6. The van der Waals surface area contributed by atoms with Gasteiger partial charge in [0.05, 0.1) is 6.61 Å². The second kappa shape index (κ2) is 5.98. The molecule has 1 aliphatic rings. The molecule has 0 radical (unpaired) electrons. The van der Waals surface area contributed by atoms with Gasteiger partial charge in [-0.05, 0) is 25.7 Å². The zero-order valence-electron chi connectivity index (χ0n) is 8.48. The third kappa shape index (κ3) is 2.96. The van der Waals surface area contributed by atoms with Gasteiger partial charge >= 0.3 is 0 Å². The van der Waals surface area contributed by atoms with E-state index in [9.17, 15) is 4.79 Å². The van der Waals surface area contributed by atoms with Crippen molar-refractivity contribution in [1.29, 1.82) is 0 Å². The van der Waals surface area contributed by atoms with Crippen molar-refractivity contribution in [1.82, 2.24) is 4.90 Å². The quantitative estimate of drug-likeness (QED) is 0.642. The summed E-state index contributed by atoms with van der Waals surface area (Å²) >= 11 is 0. The van der Waals surface area contributed by atoms with Crippen LogP contribution >= 0.6 is 0 Å². The Balaban J connectivity index is 2.35. The lowest BCUT2D eigenvalue weighted by molar-refractivity contribution is -0.136. The van der Waals surface area contributed by atoms with Gasteiger partial charge in [0.25, 0.3) is 0 Å². The molecule has 0 aromatic rings. The van der Waals surface area contributed by atoms with E-state index in [2.05, 4.69) is 0 Å². The number of nitrogens with zero attached hydrogens (tertiary/aromatic N) is 1. The van der Waals surface area contributed by atoms with Crippen molar-refractivity contribution in [3.05, 3.63) is 0 Å². The molecule has 0 atom stereocenters. The largest absolute Gasteiger partial charge is 0.396 e. The standard InChI is InChI=1S/C10H19NO3/c12-7-2-5-10(14)11(6-8-13)9-3-1-4-9/h9,12-13H,1-8H2. The molecule has 2 N–H and O–H groups in total. The summed E-state index contributed by atoms with van der Waals surface area (Å²) < 4.78 is 0. The molecule has 4 nitrogen and oxygen atoms in total.